The van der Waals surface area contributed by atoms with Gasteiger partial charge in [-0.1, -0.05) is 0 Å². The van der Waals surface area contributed by atoms with Crippen LogP contribution in [0, 0.1) is 0 Å². The Kier molecular flexibility index (Phi) is 9.53. The van der Waals surface area contributed by atoms with E-state index < -0.39 is 0 Å². The minimum absolute atomic E-state index is 0.272. The number of amides is 1. The van der Waals surface area contributed by atoms with Crippen LogP contribution in [0.25, 0.3) is 0 Å². The van der Waals surface area contributed by atoms with Crippen LogP contribution in [-0.4, -0.2) is 91.7 Å². The van der Waals surface area contributed by atoms with E-state index in [1.165, 1.54) is 12.8 Å². The predicted octanol–water partition coefficient (Wildman–Crippen LogP) is 0.406. The van der Waals surface area contributed by atoms with Crippen LogP contribution in [0.4, 0.5) is 0 Å². The van der Waals surface area contributed by atoms with E-state index in [-0.39, 0.29) is 12.1 Å². The van der Waals surface area contributed by atoms with Crippen molar-refractivity contribution in [1.82, 2.24) is 15.1 Å². The summed E-state index contributed by atoms with van der Waals surface area (Å²) in [6.45, 7) is 4.73. The van der Waals surface area contributed by atoms with Crippen LogP contribution in [0.1, 0.15) is 44.9 Å². The topological polar surface area (TPSA) is 82.1 Å². The molecule has 3 saturated heterocycles. The number of rotatable bonds is 8. The van der Waals surface area contributed by atoms with Crippen molar-refractivity contribution in [2.24, 2.45) is 0 Å². The van der Waals surface area contributed by atoms with E-state index in [0.717, 1.165) is 65.1 Å². The molecule has 3 heterocycles. The van der Waals surface area contributed by atoms with Crippen molar-refractivity contribution in [3.05, 3.63) is 0 Å². The molecule has 7 heteroatoms. The van der Waals surface area contributed by atoms with Crippen molar-refractivity contribution in [3.8, 4) is 0 Å². The molecule has 2 bridgehead atoms. The van der Waals surface area contributed by atoms with Crippen LogP contribution in [0.2, 0.25) is 0 Å². The minimum Gasteiger partial charge on any atom is -0.400 e. The minimum atomic E-state index is 0.272. The zero-order chi connectivity index (χ0) is 18.8. The number of ether oxygens (including phenoxy) is 1. The molecular formula is C19H35N3O4. The summed E-state index contributed by atoms with van der Waals surface area (Å²) in [5.74, 6) is 0. The number of unbranched alkanes of at least 4 members (excludes halogenated alkanes) is 2. The Labute approximate surface area is 157 Å². The molecule has 150 valence electrons. The van der Waals surface area contributed by atoms with Gasteiger partial charge in [0.1, 0.15) is 6.29 Å². The molecule has 0 radical (unpaired) electrons. The van der Waals surface area contributed by atoms with E-state index in [2.05, 4.69) is 10.2 Å². The highest BCUT2D eigenvalue weighted by molar-refractivity contribution is 5.49. The number of nitrogens with zero attached hydrogens (tertiary/aromatic N) is 2. The predicted molar refractivity (Wildman–Crippen MR) is 100.0 cm³/mol. The molecule has 26 heavy (non-hydrogen) atoms. The normalized spacial score (nSPS) is 29.6. The first kappa shape index (κ1) is 21.3. The number of aliphatic hydroxyl groups is 1. The van der Waals surface area contributed by atoms with Crippen LogP contribution >= 0.6 is 0 Å². The highest BCUT2D eigenvalue weighted by Gasteiger charge is 2.40. The number of hydrogen-bond donors (Lipinski definition) is 2. The Morgan fingerprint density at radius 1 is 1.04 bits per heavy atom. The largest absolute Gasteiger partial charge is 0.400 e. The number of piperidine rings is 2. The van der Waals surface area contributed by atoms with Crippen LogP contribution in [0.5, 0.6) is 0 Å². The second-order valence-electron chi connectivity index (χ2n) is 7.45. The zero-order valence-corrected chi connectivity index (χ0v) is 16.0. The third kappa shape index (κ3) is 5.74. The molecule has 0 saturated carbocycles. The summed E-state index contributed by atoms with van der Waals surface area (Å²) >= 11 is 0. The quantitative estimate of drug-likeness (QED) is 0.476. The summed E-state index contributed by atoms with van der Waals surface area (Å²) in [7, 11) is 1.00. The summed E-state index contributed by atoms with van der Waals surface area (Å²) in [5, 5.41) is 10.6. The highest BCUT2D eigenvalue weighted by atomic mass is 16.5. The third-order valence-electron chi connectivity index (χ3n) is 5.90. The summed E-state index contributed by atoms with van der Waals surface area (Å²) in [5.41, 5.74) is 0. The molecule has 1 amide bonds. The number of hydrogen-bond acceptors (Lipinski definition) is 6. The Bertz CT molecular complexity index is 402. The van der Waals surface area contributed by atoms with Crippen molar-refractivity contribution in [2.45, 2.75) is 69.1 Å². The number of carbonyl (C=O) groups excluding carboxylic acids is 2. The number of carbonyl (C=O) groups is 2. The lowest BCUT2D eigenvalue weighted by Gasteiger charge is -2.50. The lowest BCUT2D eigenvalue weighted by molar-refractivity contribution is -0.141. The molecule has 2 unspecified atom stereocenters. The Morgan fingerprint density at radius 3 is 2.27 bits per heavy atom. The van der Waals surface area contributed by atoms with Crippen LogP contribution in [-0.2, 0) is 14.3 Å². The van der Waals surface area contributed by atoms with Crippen LogP contribution < -0.4 is 5.32 Å². The van der Waals surface area contributed by atoms with Gasteiger partial charge in [-0.2, -0.15) is 0 Å². The van der Waals surface area contributed by atoms with Crippen molar-refractivity contribution in [2.75, 3.05) is 40.0 Å². The van der Waals surface area contributed by atoms with E-state index >= 15 is 0 Å². The number of nitrogens with one attached hydrogen (secondary N) is 1. The maximum Gasteiger partial charge on any atom is 0.210 e. The first-order chi connectivity index (χ1) is 12.8. The summed E-state index contributed by atoms with van der Waals surface area (Å²) in [6.07, 6.45) is 9.32. The van der Waals surface area contributed by atoms with Gasteiger partial charge in [-0.25, -0.2) is 0 Å². The smallest absolute Gasteiger partial charge is 0.210 e. The summed E-state index contributed by atoms with van der Waals surface area (Å²) < 4.78 is 5.64. The zero-order valence-electron chi connectivity index (χ0n) is 16.0. The van der Waals surface area contributed by atoms with Gasteiger partial charge in [-0.05, 0) is 58.2 Å². The maximum absolute atomic E-state index is 11.3. The van der Waals surface area contributed by atoms with E-state index in [0.29, 0.717) is 31.7 Å². The monoisotopic (exact) mass is 369 g/mol. The summed E-state index contributed by atoms with van der Waals surface area (Å²) in [4.78, 5) is 26.2. The number of aldehydes is 1. The first-order valence-corrected chi connectivity index (χ1v) is 9.98. The Hall–Kier alpha value is -1.02. The molecule has 0 aromatic rings. The van der Waals surface area contributed by atoms with Gasteiger partial charge in [0.15, 0.2) is 0 Å². The summed E-state index contributed by atoms with van der Waals surface area (Å²) in [6, 6.07) is 1.77. The van der Waals surface area contributed by atoms with Crippen molar-refractivity contribution >= 4 is 12.7 Å². The number of likely N-dealkylation sites (tertiary alicyclic amines) is 1. The van der Waals surface area contributed by atoms with Gasteiger partial charge in [0, 0.05) is 25.6 Å². The molecule has 3 aliphatic heterocycles. The lowest BCUT2D eigenvalue weighted by atomic mass is 9.88. The number of aliphatic hydroxyl groups excluding tert-OH is 1. The SMILES string of the molecule is CO.O=CCCCCNC1CCN(C2CC3COCC(C2)N3C=O)CC1. The highest BCUT2D eigenvalue weighted by Crippen LogP contribution is 2.30. The molecule has 2 N–H and O–H groups in total. The van der Waals surface area contributed by atoms with Gasteiger partial charge in [0.25, 0.3) is 0 Å². The first-order valence-electron chi connectivity index (χ1n) is 9.98. The molecule has 0 aromatic heterocycles. The second-order valence-corrected chi connectivity index (χ2v) is 7.45. The average molecular weight is 370 g/mol. The standard InChI is InChI=1S/C18H31N3O3.CH4O/c22-9-3-1-2-6-19-15-4-7-20(8-5-15)16-10-17-12-24-13-18(11-16)21(17)14-23;1-2/h9,14-19H,1-8,10-13H2;2H,1H3. The van der Waals surface area contributed by atoms with E-state index in [4.69, 9.17) is 9.84 Å². The number of fused-ring (bicyclic) bond motifs is 2. The average Bonchev–Trinajstić information content (AvgIpc) is 2.69. The van der Waals surface area contributed by atoms with E-state index in [1.807, 2.05) is 4.90 Å². The van der Waals surface area contributed by atoms with Gasteiger partial charge in [-0.3, -0.25) is 4.79 Å². The van der Waals surface area contributed by atoms with Crippen molar-refractivity contribution in [1.29, 1.82) is 0 Å². The van der Waals surface area contributed by atoms with Crippen LogP contribution in [0.3, 0.4) is 0 Å². The Balaban J connectivity index is 0.00000117. The fraction of sp³-hybridized carbons (Fsp3) is 0.895. The van der Waals surface area contributed by atoms with Crippen molar-refractivity contribution in [3.63, 3.8) is 0 Å². The van der Waals surface area contributed by atoms with Gasteiger partial charge in [0.2, 0.25) is 6.41 Å². The van der Waals surface area contributed by atoms with Crippen molar-refractivity contribution < 1.29 is 19.4 Å². The maximum atomic E-state index is 11.3. The molecule has 7 nitrogen and oxygen atoms in total. The van der Waals surface area contributed by atoms with Crippen LogP contribution in [0.15, 0.2) is 0 Å². The lowest BCUT2D eigenvalue weighted by Crippen LogP contribution is -2.61. The fourth-order valence-electron chi connectivity index (χ4n) is 4.51. The van der Waals surface area contributed by atoms with Gasteiger partial charge < -0.3 is 29.8 Å². The molecule has 3 aliphatic rings. The molecule has 0 aliphatic carbocycles. The Morgan fingerprint density at radius 2 is 1.69 bits per heavy atom. The molecule has 2 atom stereocenters. The second kappa shape index (κ2) is 11.6. The van der Waals surface area contributed by atoms with Gasteiger partial charge in [0.05, 0.1) is 25.3 Å². The molecular weight excluding hydrogens is 334 g/mol. The number of morpholine rings is 1. The van der Waals surface area contributed by atoms with Gasteiger partial charge >= 0.3 is 0 Å². The molecule has 0 aromatic carbocycles. The van der Waals surface area contributed by atoms with E-state index in [1.54, 1.807) is 0 Å². The van der Waals surface area contributed by atoms with Gasteiger partial charge in [-0.15, -0.1) is 0 Å². The third-order valence-corrected chi connectivity index (χ3v) is 5.90. The molecule has 3 fully saturated rings. The molecule has 0 spiro atoms. The molecule has 3 rings (SSSR count). The van der Waals surface area contributed by atoms with E-state index in [9.17, 15) is 9.59 Å². The fourth-order valence-corrected chi connectivity index (χ4v) is 4.51.